The van der Waals surface area contributed by atoms with E-state index in [1.54, 1.807) is 0 Å². The lowest BCUT2D eigenvalue weighted by Crippen LogP contribution is -2.36. The molecule has 0 unspecified atom stereocenters. The Morgan fingerprint density at radius 1 is 1.05 bits per heavy atom. The summed E-state index contributed by atoms with van der Waals surface area (Å²) in [5, 5.41) is 4.78. The van der Waals surface area contributed by atoms with Crippen LogP contribution in [0, 0.1) is 0 Å². The van der Waals surface area contributed by atoms with Crippen molar-refractivity contribution < 1.29 is 4.42 Å². The molecule has 3 heteroatoms. The van der Waals surface area contributed by atoms with E-state index in [1.165, 1.54) is 5.56 Å². The second kappa shape index (κ2) is 5.50. The first kappa shape index (κ1) is 13.4. The van der Waals surface area contributed by atoms with Gasteiger partial charge >= 0.3 is 0 Å². The average molecular weight is 292 g/mol. The Morgan fingerprint density at radius 3 is 2.64 bits per heavy atom. The molecule has 4 rings (SSSR count). The van der Waals surface area contributed by atoms with Crippen molar-refractivity contribution in [3.63, 3.8) is 0 Å². The molecule has 2 aromatic carbocycles. The van der Waals surface area contributed by atoms with Crippen LogP contribution >= 0.6 is 0 Å². The van der Waals surface area contributed by atoms with Gasteiger partial charge in [0.2, 0.25) is 0 Å². The number of nitrogens with zero attached hydrogens (tertiary/aromatic N) is 1. The quantitative estimate of drug-likeness (QED) is 0.791. The van der Waals surface area contributed by atoms with Crippen molar-refractivity contribution in [2.24, 2.45) is 0 Å². The maximum Gasteiger partial charge on any atom is 0.196 e. The van der Waals surface area contributed by atoms with E-state index in [-0.39, 0.29) is 0 Å². The minimum absolute atomic E-state index is 0.347. The minimum Gasteiger partial charge on any atom is -0.441 e. The molecule has 1 fully saturated rings. The van der Waals surface area contributed by atoms with Gasteiger partial charge in [0.05, 0.1) is 12.1 Å². The van der Waals surface area contributed by atoms with Crippen molar-refractivity contribution in [1.82, 2.24) is 5.32 Å². The molecule has 0 spiro atoms. The van der Waals surface area contributed by atoms with Gasteiger partial charge in [-0.15, -0.1) is 0 Å². The number of hydrogen-bond acceptors (Lipinski definition) is 3. The van der Waals surface area contributed by atoms with Gasteiger partial charge in [-0.2, -0.15) is 0 Å². The molecule has 22 heavy (non-hydrogen) atoms. The van der Waals surface area contributed by atoms with Crippen molar-refractivity contribution in [3.8, 4) is 0 Å². The maximum atomic E-state index is 6.02. The van der Waals surface area contributed by atoms with Gasteiger partial charge in [-0.1, -0.05) is 48.5 Å². The van der Waals surface area contributed by atoms with E-state index in [0.717, 1.165) is 29.8 Å². The minimum atomic E-state index is 0.347. The van der Waals surface area contributed by atoms with E-state index < -0.39 is 0 Å². The fourth-order valence-corrected chi connectivity index (χ4v) is 3.41. The van der Waals surface area contributed by atoms with Crippen molar-refractivity contribution in [2.75, 3.05) is 18.5 Å². The average Bonchev–Trinajstić information content (AvgIpc) is 3.21. The monoisotopic (exact) mass is 292 g/mol. The number of nitrogens with one attached hydrogen (secondary N) is 1. The third-order valence-corrected chi connectivity index (χ3v) is 4.61. The lowest BCUT2D eigenvalue weighted by molar-refractivity contribution is 0.504. The summed E-state index contributed by atoms with van der Waals surface area (Å²) in [6.07, 6.45) is 1.12. The number of fused-ring (bicyclic) bond motifs is 1. The van der Waals surface area contributed by atoms with Crippen LogP contribution in [-0.4, -0.2) is 19.6 Å². The van der Waals surface area contributed by atoms with Gasteiger partial charge in [-0.3, -0.25) is 0 Å². The zero-order chi connectivity index (χ0) is 14.9. The third-order valence-electron chi connectivity index (χ3n) is 4.61. The van der Waals surface area contributed by atoms with Crippen molar-refractivity contribution in [1.29, 1.82) is 0 Å². The van der Waals surface area contributed by atoms with Gasteiger partial charge < -0.3 is 14.6 Å². The fraction of sp³-hybridized carbons (Fsp3) is 0.263. The lowest BCUT2D eigenvalue weighted by atomic mass is 10.00. The summed E-state index contributed by atoms with van der Waals surface area (Å²) in [6, 6.07) is 21.7. The highest BCUT2D eigenvalue weighted by molar-refractivity contribution is 5.80. The Kier molecular flexibility index (Phi) is 3.35. The molecule has 1 saturated heterocycles. The molecule has 1 aliphatic heterocycles. The normalized spacial score (nSPS) is 21.3. The predicted molar refractivity (Wildman–Crippen MR) is 90.2 cm³/mol. The zero-order valence-corrected chi connectivity index (χ0v) is 12.7. The van der Waals surface area contributed by atoms with Gasteiger partial charge in [0.1, 0.15) is 5.58 Å². The lowest BCUT2D eigenvalue weighted by Gasteiger charge is -2.29. The second-order valence-electron chi connectivity index (χ2n) is 5.93. The Morgan fingerprint density at radius 2 is 1.82 bits per heavy atom. The Balaban J connectivity index is 1.65. The van der Waals surface area contributed by atoms with Crippen LogP contribution in [0.5, 0.6) is 0 Å². The van der Waals surface area contributed by atoms with E-state index in [0.29, 0.717) is 12.1 Å². The molecule has 3 aromatic rings. The van der Waals surface area contributed by atoms with Crippen LogP contribution in [0.4, 0.5) is 5.88 Å². The fourth-order valence-electron chi connectivity index (χ4n) is 3.41. The highest BCUT2D eigenvalue weighted by Gasteiger charge is 2.32. The van der Waals surface area contributed by atoms with Gasteiger partial charge in [0.15, 0.2) is 5.88 Å². The Hall–Kier alpha value is -2.26. The molecule has 112 valence electrons. The van der Waals surface area contributed by atoms with E-state index in [9.17, 15) is 0 Å². The van der Waals surface area contributed by atoms with Crippen LogP contribution in [0.1, 0.15) is 18.0 Å². The first-order valence-electron chi connectivity index (χ1n) is 7.83. The number of hydrogen-bond donors (Lipinski definition) is 1. The zero-order valence-electron chi connectivity index (χ0n) is 12.7. The SMILES string of the molecule is CN(c1cc2ccccc2o1)[C@@H]1CCN[C@@H]1c1ccccc1. The molecule has 2 atom stereocenters. The molecule has 0 bridgehead atoms. The molecule has 0 saturated carbocycles. The largest absolute Gasteiger partial charge is 0.441 e. The topological polar surface area (TPSA) is 28.4 Å². The van der Waals surface area contributed by atoms with Crippen molar-refractivity contribution in [3.05, 3.63) is 66.2 Å². The summed E-state index contributed by atoms with van der Waals surface area (Å²) in [4.78, 5) is 2.28. The van der Waals surface area contributed by atoms with Crippen molar-refractivity contribution in [2.45, 2.75) is 18.5 Å². The number of furan rings is 1. The molecule has 2 heterocycles. The highest BCUT2D eigenvalue weighted by Crippen LogP contribution is 2.33. The standard InChI is InChI=1S/C19H20N2O/c1-21(18-13-15-9-5-6-10-17(15)22-18)16-11-12-20-19(16)14-7-3-2-4-8-14/h2-10,13,16,19-20H,11-12H2,1H3/t16-,19-/m1/s1. The van der Waals surface area contributed by atoms with Crippen LogP contribution in [0.3, 0.4) is 0 Å². The number of para-hydroxylation sites is 1. The van der Waals surface area contributed by atoms with Crippen molar-refractivity contribution >= 4 is 16.9 Å². The van der Waals surface area contributed by atoms with Gasteiger partial charge in [0.25, 0.3) is 0 Å². The molecule has 0 radical (unpaired) electrons. The highest BCUT2D eigenvalue weighted by atomic mass is 16.4. The van der Waals surface area contributed by atoms with Crippen LogP contribution in [0.15, 0.2) is 65.1 Å². The predicted octanol–water partition coefficient (Wildman–Crippen LogP) is 3.97. The first-order valence-corrected chi connectivity index (χ1v) is 7.83. The van der Waals surface area contributed by atoms with E-state index in [1.807, 2.05) is 18.2 Å². The van der Waals surface area contributed by atoms with E-state index in [4.69, 9.17) is 4.42 Å². The molecular weight excluding hydrogens is 272 g/mol. The molecule has 1 N–H and O–H groups in total. The number of benzene rings is 2. The summed E-state index contributed by atoms with van der Waals surface area (Å²) in [7, 11) is 2.13. The summed E-state index contributed by atoms with van der Waals surface area (Å²) in [6.45, 7) is 1.04. The molecule has 0 amide bonds. The van der Waals surface area contributed by atoms with Gasteiger partial charge in [0, 0.05) is 18.5 Å². The molecule has 1 aromatic heterocycles. The molecule has 1 aliphatic rings. The molecule has 3 nitrogen and oxygen atoms in total. The number of anilines is 1. The summed E-state index contributed by atoms with van der Waals surface area (Å²) < 4.78 is 6.02. The van der Waals surface area contributed by atoms with E-state index >= 15 is 0 Å². The summed E-state index contributed by atoms with van der Waals surface area (Å²) in [5.41, 5.74) is 2.29. The summed E-state index contributed by atoms with van der Waals surface area (Å²) >= 11 is 0. The number of likely N-dealkylation sites (N-methyl/N-ethyl adjacent to an activating group) is 1. The Labute approximate surface area is 130 Å². The van der Waals surface area contributed by atoms with Gasteiger partial charge in [-0.25, -0.2) is 0 Å². The molecule has 0 aliphatic carbocycles. The summed E-state index contributed by atoms with van der Waals surface area (Å²) in [5.74, 6) is 0.941. The second-order valence-corrected chi connectivity index (χ2v) is 5.93. The van der Waals surface area contributed by atoms with Crippen LogP contribution in [0.2, 0.25) is 0 Å². The van der Waals surface area contributed by atoms with E-state index in [2.05, 4.69) is 59.7 Å². The van der Waals surface area contributed by atoms with Gasteiger partial charge in [-0.05, 0) is 24.6 Å². The first-order chi connectivity index (χ1) is 10.8. The van der Waals surface area contributed by atoms with Crippen LogP contribution in [-0.2, 0) is 0 Å². The van der Waals surface area contributed by atoms with Crippen LogP contribution in [0.25, 0.3) is 11.0 Å². The Bertz CT molecular complexity index is 732. The smallest absolute Gasteiger partial charge is 0.196 e. The van der Waals surface area contributed by atoms with Crippen LogP contribution < -0.4 is 10.2 Å². The number of rotatable bonds is 3. The molecular formula is C19H20N2O. The third kappa shape index (κ3) is 2.28. The maximum absolute atomic E-state index is 6.02.